The summed E-state index contributed by atoms with van der Waals surface area (Å²) in [5.41, 5.74) is 1.92. The van der Waals surface area contributed by atoms with Crippen molar-refractivity contribution in [1.82, 2.24) is 9.38 Å². The van der Waals surface area contributed by atoms with Crippen LogP contribution in [0.1, 0.15) is 5.56 Å². The molecule has 0 radical (unpaired) electrons. The van der Waals surface area contributed by atoms with Crippen LogP contribution in [0.2, 0.25) is 0 Å². The summed E-state index contributed by atoms with van der Waals surface area (Å²) in [6, 6.07) is 3.82. The molecule has 2 heterocycles. The molecule has 60 valence electrons. The van der Waals surface area contributed by atoms with Gasteiger partial charge in [0.25, 0.3) is 0 Å². The van der Waals surface area contributed by atoms with Crippen LogP contribution in [-0.2, 0) is 11.2 Å². The smallest absolute Gasteiger partial charge is 0.136 e. The first-order valence-electron chi connectivity index (χ1n) is 3.75. The van der Waals surface area contributed by atoms with Gasteiger partial charge in [-0.1, -0.05) is 6.07 Å². The lowest BCUT2D eigenvalue weighted by molar-refractivity contribution is -0.107. The SMILES string of the molecule is O=CCc1ccc2nccn2c1. The van der Waals surface area contributed by atoms with Crippen molar-refractivity contribution in [2.45, 2.75) is 6.42 Å². The fourth-order valence-corrected chi connectivity index (χ4v) is 1.18. The van der Waals surface area contributed by atoms with Crippen LogP contribution >= 0.6 is 0 Å². The molecule has 0 saturated heterocycles. The number of aldehydes is 1. The molecule has 0 spiro atoms. The molecule has 0 saturated carbocycles. The zero-order valence-electron chi connectivity index (χ0n) is 6.47. The molecule has 2 aromatic heterocycles. The lowest BCUT2D eigenvalue weighted by Gasteiger charge is -1.96. The van der Waals surface area contributed by atoms with Gasteiger partial charge in [0.05, 0.1) is 0 Å². The Morgan fingerprint density at radius 3 is 3.25 bits per heavy atom. The summed E-state index contributed by atoms with van der Waals surface area (Å²) in [6.07, 6.45) is 6.88. The number of carbonyl (C=O) groups is 1. The Hall–Kier alpha value is -1.64. The van der Waals surface area contributed by atoms with Crippen LogP contribution in [0, 0.1) is 0 Å². The molecular formula is C9H8N2O. The lowest BCUT2D eigenvalue weighted by Crippen LogP contribution is -1.90. The predicted octanol–water partition coefficient (Wildman–Crippen LogP) is 1.08. The first kappa shape index (κ1) is 7.03. The molecule has 0 atom stereocenters. The maximum atomic E-state index is 10.2. The van der Waals surface area contributed by atoms with Gasteiger partial charge in [-0.2, -0.15) is 0 Å². The summed E-state index contributed by atoms with van der Waals surface area (Å²) < 4.78 is 1.90. The van der Waals surface area contributed by atoms with Crippen LogP contribution < -0.4 is 0 Å². The molecule has 12 heavy (non-hydrogen) atoms. The quantitative estimate of drug-likeness (QED) is 0.616. The highest BCUT2D eigenvalue weighted by Crippen LogP contribution is 2.03. The van der Waals surface area contributed by atoms with Crippen LogP contribution in [-0.4, -0.2) is 15.7 Å². The van der Waals surface area contributed by atoms with Gasteiger partial charge in [-0.15, -0.1) is 0 Å². The molecule has 3 nitrogen and oxygen atoms in total. The summed E-state index contributed by atoms with van der Waals surface area (Å²) in [5, 5.41) is 0. The van der Waals surface area contributed by atoms with Crippen molar-refractivity contribution in [2.24, 2.45) is 0 Å². The number of pyridine rings is 1. The zero-order valence-corrected chi connectivity index (χ0v) is 6.47. The molecule has 0 aliphatic heterocycles. The highest BCUT2D eigenvalue weighted by atomic mass is 16.1. The summed E-state index contributed by atoms with van der Waals surface area (Å²) in [5.74, 6) is 0. The average molecular weight is 160 g/mol. The molecule has 0 fully saturated rings. The van der Waals surface area contributed by atoms with E-state index < -0.39 is 0 Å². The molecular weight excluding hydrogens is 152 g/mol. The Kier molecular flexibility index (Phi) is 1.63. The molecule has 2 aromatic rings. The van der Waals surface area contributed by atoms with Gasteiger partial charge in [0.1, 0.15) is 11.9 Å². The number of aromatic nitrogens is 2. The molecule has 0 aliphatic carbocycles. The number of hydrogen-bond donors (Lipinski definition) is 0. The third-order valence-electron chi connectivity index (χ3n) is 1.77. The van der Waals surface area contributed by atoms with Crippen LogP contribution in [0.5, 0.6) is 0 Å². The monoisotopic (exact) mass is 160 g/mol. The number of nitrogens with zero attached hydrogens (tertiary/aromatic N) is 2. The minimum Gasteiger partial charge on any atom is -0.307 e. The summed E-state index contributed by atoms with van der Waals surface area (Å²) >= 11 is 0. The lowest BCUT2D eigenvalue weighted by atomic mass is 10.2. The van der Waals surface area contributed by atoms with Crippen LogP contribution in [0.15, 0.2) is 30.7 Å². The topological polar surface area (TPSA) is 34.4 Å². The van der Waals surface area contributed by atoms with E-state index in [0.29, 0.717) is 6.42 Å². The predicted molar refractivity (Wildman–Crippen MR) is 45.0 cm³/mol. The zero-order chi connectivity index (χ0) is 8.39. The van der Waals surface area contributed by atoms with Crippen LogP contribution in [0.4, 0.5) is 0 Å². The Bertz CT molecular complexity index is 406. The number of imidazole rings is 1. The van der Waals surface area contributed by atoms with Crippen molar-refractivity contribution in [3.63, 3.8) is 0 Å². The Morgan fingerprint density at radius 1 is 1.50 bits per heavy atom. The molecule has 3 heteroatoms. The van der Waals surface area contributed by atoms with E-state index in [0.717, 1.165) is 17.5 Å². The highest BCUT2D eigenvalue weighted by molar-refractivity contribution is 5.55. The Labute approximate surface area is 69.7 Å². The summed E-state index contributed by atoms with van der Waals surface area (Å²) in [6.45, 7) is 0. The third kappa shape index (κ3) is 1.09. The fourth-order valence-electron chi connectivity index (χ4n) is 1.18. The molecule has 0 aromatic carbocycles. The molecule has 2 rings (SSSR count). The minimum atomic E-state index is 0.466. The molecule has 0 bridgehead atoms. The van der Waals surface area contributed by atoms with Gasteiger partial charge in [-0.05, 0) is 11.6 Å². The fraction of sp³-hybridized carbons (Fsp3) is 0.111. The van der Waals surface area contributed by atoms with Gasteiger partial charge in [0.2, 0.25) is 0 Å². The van der Waals surface area contributed by atoms with E-state index in [9.17, 15) is 4.79 Å². The van der Waals surface area contributed by atoms with E-state index in [4.69, 9.17) is 0 Å². The van der Waals surface area contributed by atoms with Crippen molar-refractivity contribution in [3.05, 3.63) is 36.3 Å². The molecule has 0 N–H and O–H groups in total. The number of fused-ring (bicyclic) bond motifs is 1. The molecule has 0 aliphatic rings. The number of rotatable bonds is 2. The van der Waals surface area contributed by atoms with Gasteiger partial charge in [-0.3, -0.25) is 0 Å². The van der Waals surface area contributed by atoms with Crippen molar-refractivity contribution < 1.29 is 4.79 Å². The standard InChI is InChI=1S/C9H8N2O/c12-6-3-8-1-2-9-10-4-5-11(9)7-8/h1-2,4-7H,3H2. The van der Waals surface area contributed by atoms with Crippen molar-refractivity contribution in [1.29, 1.82) is 0 Å². The number of carbonyl (C=O) groups excluding carboxylic acids is 1. The van der Waals surface area contributed by atoms with Crippen molar-refractivity contribution in [2.75, 3.05) is 0 Å². The first-order chi connectivity index (χ1) is 5.90. The van der Waals surface area contributed by atoms with Gasteiger partial charge in [0.15, 0.2) is 0 Å². The Morgan fingerprint density at radius 2 is 2.42 bits per heavy atom. The van der Waals surface area contributed by atoms with E-state index in [1.807, 2.05) is 28.9 Å². The number of hydrogen-bond acceptors (Lipinski definition) is 2. The maximum absolute atomic E-state index is 10.2. The summed E-state index contributed by atoms with van der Waals surface area (Å²) in [4.78, 5) is 14.3. The molecule has 0 amide bonds. The highest BCUT2D eigenvalue weighted by Gasteiger charge is 1.94. The first-order valence-corrected chi connectivity index (χ1v) is 3.75. The van der Waals surface area contributed by atoms with E-state index in [1.54, 1.807) is 6.20 Å². The van der Waals surface area contributed by atoms with Crippen LogP contribution in [0.3, 0.4) is 0 Å². The second-order valence-corrected chi connectivity index (χ2v) is 2.60. The van der Waals surface area contributed by atoms with Gasteiger partial charge in [0, 0.05) is 25.0 Å². The normalized spacial score (nSPS) is 10.3. The second kappa shape index (κ2) is 2.77. The van der Waals surface area contributed by atoms with Crippen molar-refractivity contribution >= 4 is 11.9 Å². The largest absolute Gasteiger partial charge is 0.307 e. The van der Waals surface area contributed by atoms with E-state index in [2.05, 4.69) is 4.98 Å². The Balaban J connectivity index is 2.52. The molecule has 0 unspecified atom stereocenters. The van der Waals surface area contributed by atoms with E-state index in [1.165, 1.54) is 0 Å². The second-order valence-electron chi connectivity index (χ2n) is 2.60. The van der Waals surface area contributed by atoms with Gasteiger partial charge < -0.3 is 9.20 Å². The van der Waals surface area contributed by atoms with Gasteiger partial charge in [-0.25, -0.2) is 4.98 Å². The van der Waals surface area contributed by atoms with Crippen LogP contribution in [0.25, 0.3) is 5.65 Å². The minimum absolute atomic E-state index is 0.466. The van der Waals surface area contributed by atoms with Gasteiger partial charge >= 0.3 is 0 Å². The van der Waals surface area contributed by atoms with E-state index in [-0.39, 0.29) is 0 Å². The summed E-state index contributed by atoms with van der Waals surface area (Å²) in [7, 11) is 0. The van der Waals surface area contributed by atoms with Crippen molar-refractivity contribution in [3.8, 4) is 0 Å². The third-order valence-corrected chi connectivity index (χ3v) is 1.77. The average Bonchev–Trinajstić information content (AvgIpc) is 2.51. The maximum Gasteiger partial charge on any atom is 0.136 e. The van der Waals surface area contributed by atoms with E-state index >= 15 is 0 Å².